The quantitative estimate of drug-likeness (QED) is 0.568. The zero-order valence-electron chi connectivity index (χ0n) is 20.5. The lowest BCUT2D eigenvalue weighted by molar-refractivity contribution is -0.139. The van der Waals surface area contributed by atoms with Gasteiger partial charge in [-0.3, -0.25) is 9.79 Å². The number of Topliss-reactive ketones (excluding diaryl/α,β-unsaturated/α-hetero) is 1. The van der Waals surface area contributed by atoms with Crippen LogP contribution in [0.1, 0.15) is 56.6 Å². The van der Waals surface area contributed by atoms with Gasteiger partial charge in [-0.15, -0.1) is 0 Å². The van der Waals surface area contributed by atoms with Gasteiger partial charge in [0, 0.05) is 23.7 Å². The average Bonchev–Trinajstić information content (AvgIpc) is 2.84. The summed E-state index contributed by atoms with van der Waals surface area (Å²) in [6, 6.07) is 12.7. The van der Waals surface area contributed by atoms with Gasteiger partial charge >= 0.3 is 5.97 Å². The van der Waals surface area contributed by atoms with E-state index in [0.29, 0.717) is 42.0 Å². The molecule has 1 heterocycles. The number of ether oxygens (including phenoxy) is 3. The molecule has 1 saturated carbocycles. The molecule has 0 amide bonds. The molecular formula is C28H31NO6. The van der Waals surface area contributed by atoms with E-state index >= 15 is 0 Å². The number of aliphatic imine (C=N–C) groups is 1. The molecule has 35 heavy (non-hydrogen) atoms. The summed E-state index contributed by atoms with van der Waals surface area (Å²) < 4.78 is 16.2. The molecular weight excluding hydrogens is 446 g/mol. The Balaban J connectivity index is 1.78. The number of phenols is 1. The Morgan fingerprint density at radius 1 is 1.03 bits per heavy atom. The van der Waals surface area contributed by atoms with Gasteiger partial charge in [0.05, 0.1) is 31.8 Å². The minimum Gasteiger partial charge on any atom is -0.504 e. The van der Waals surface area contributed by atoms with Crippen molar-refractivity contribution in [1.29, 1.82) is 0 Å². The van der Waals surface area contributed by atoms with Crippen molar-refractivity contribution in [1.82, 2.24) is 0 Å². The summed E-state index contributed by atoms with van der Waals surface area (Å²) in [5.74, 6) is -0.506. The van der Waals surface area contributed by atoms with Crippen LogP contribution in [-0.4, -0.2) is 42.9 Å². The molecule has 0 radical (unpaired) electrons. The van der Waals surface area contributed by atoms with Crippen LogP contribution in [0.2, 0.25) is 0 Å². The number of carbonyl (C=O) groups is 2. The van der Waals surface area contributed by atoms with E-state index in [1.54, 1.807) is 33.1 Å². The maximum atomic E-state index is 13.7. The predicted octanol–water partition coefficient (Wildman–Crippen LogP) is 4.94. The van der Waals surface area contributed by atoms with Crippen molar-refractivity contribution in [3.05, 3.63) is 64.9 Å². The van der Waals surface area contributed by atoms with Gasteiger partial charge in [0.2, 0.25) is 0 Å². The number of rotatable bonds is 7. The molecule has 1 N–H and O–H groups in total. The number of ketones is 1. The molecule has 7 heteroatoms. The van der Waals surface area contributed by atoms with Crippen molar-refractivity contribution in [3.63, 3.8) is 0 Å². The van der Waals surface area contributed by atoms with Gasteiger partial charge in [0.1, 0.15) is 11.5 Å². The van der Waals surface area contributed by atoms with Crippen LogP contribution in [0.5, 0.6) is 17.2 Å². The van der Waals surface area contributed by atoms with Crippen molar-refractivity contribution in [2.24, 2.45) is 10.9 Å². The number of hydrogen-bond acceptors (Lipinski definition) is 7. The van der Waals surface area contributed by atoms with Crippen LogP contribution in [0.3, 0.4) is 0 Å². The number of benzene rings is 2. The van der Waals surface area contributed by atoms with Crippen molar-refractivity contribution in [2.75, 3.05) is 20.3 Å². The summed E-state index contributed by atoms with van der Waals surface area (Å²) in [6.07, 6.45) is 0.959. The van der Waals surface area contributed by atoms with E-state index in [1.165, 1.54) is 6.07 Å². The lowest BCUT2D eigenvalue weighted by Crippen LogP contribution is -2.41. The molecule has 3 atom stereocenters. The van der Waals surface area contributed by atoms with Crippen molar-refractivity contribution in [2.45, 2.75) is 45.4 Å². The normalized spacial score (nSPS) is 21.8. The SMILES string of the molecule is CCOC(=O)C1=C(C)N=C2C[C@@H](c3ccc(OC)cc3)CC(=O)C2[C@@H]1c1ccc(O)c(OCC)c1. The molecule has 184 valence electrons. The fraction of sp³-hybridized carbons (Fsp3) is 0.393. The Labute approximate surface area is 205 Å². The highest BCUT2D eigenvalue weighted by Crippen LogP contribution is 2.47. The van der Waals surface area contributed by atoms with Crippen molar-refractivity contribution in [3.8, 4) is 17.2 Å². The van der Waals surface area contributed by atoms with Gasteiger partial charge in [-0.25, -0.2) is 4.79 Å². The van der Waals surface area contributed by atoms with Crippen LogP contribution in [-0.2, 0) is 14.3 Å². The van der Waals surface area contributed by atoms with E-state index in [1.807, 2.05) is 31.2 Å². The lowest BCUT2D eigenvalue weighted by Gasteiger charge is -2.38. The highest BCUT2D eigenvalue weighted by Gasteiger charge is 2.46. The molecule has 0 saturated heterocycles. The van der Waals surface area contributed by atoms with Gasteiger partial charge in [0.25, 0.3) is 0 Å². The van der Waals surface area contributed by atoms with Crippen molar-refractivity contribution >= 4 is 17.5 Å². The average molecular weight is 478 g/mol. The first-order valence-corrected chi connectivity index (χ1v) is 12.0. The topological polar surface area (TPSA) is 94.4 Å². The molecule has 1 aliphatic carbocycles. The number of fused-ring (bicyclic) bond motifs is 1. The molecule has 2 aromatic rings. The first kappa shape index (κ1) is 24.5. The van der Waals surface area contributed by atoms with Crippen LogP contribution in [0.4, 0.5) is 0 Å². The molecule has 1 fully saturated rings. The van der Waals surface area contributed by atoms with Crippen LogP contribution in [0.15, 0.2) is 58.7 Å². The number of carbonyl (C=O) groups excluding carboxylic acids is 2. The molecule has 2 aliphatic rings. The second-order valence-electron chi connectivity index (χ2n) is 8.78. The van der Waals surface area contributed by atoms with Crippen molar-refractivity contribution < 1.29 is 28.9 Å². The van der Waals surface area contributed by atoms with Crippen LogP contribution in [0, 0.1) is 5.92 Å². The maximum absolute atomic E-state index is 13.7. The molecule has 1 unspecified atom stereocenters. The molecule has 7 nitrogen and oxygen atoms in total. The Morgan fingerprint density at radius 2 is 1.74 bits per heavy atom. The molecule has 0 bridgehead atoms. The monoisotopic (exact) mass is 477 g/mol. The third-order valence-electron chi connectivity index (χ3n) is 6.68. The third-order valence-corrected chi connectivity index (χ3v) is 6.68. The largest absolute Gasteiger partial charge is 0.504 e. The lowest BCUT2D eigenvalue weighted by atomic mass is 9.66. The second kappa shape index (κ2) is 10.3. The molecule has 4 rings (SSSR count). The molecule has 1 aliphatic heterocycles. The van der Waals surface area contributed by atoms with Crippen LogP contribution >= 0.6 is 0 Å². The Hall–Kier alpha value is -3.61. The van der Waals surface area contributed by atoms with E-state index in [0.717, 1.165) is 17.0 Å². The summed E-state index contributed by atoms with van der Waals surface area (Å²) in [5, 5.41) is 10.2. The Bertz CT molecular complexity index is 1180. The van der Waals surface area contributed by atoms with Gasteiger partial charge in [-0.05, 0) is 68.5 Å². The summed E-state index contributed by atoms with van der Waals surface area (Å²) in [6.45, 7) is 5.96. The smallest absolute Gasteiger partial charge is 0.336 e. The summed E-state index contributed by atoms with van der Waals surface area (Å²) in [5.41, 5.74) is 3.46. The first-order valence-electron chi connectivity index (χ1n) is 12.0. The minimum atomic E-state index is -0.577. The number of aromatic hydroxyl groups is 1. The highest BCUT2D eigenvalue weighted by molar-refractivity contribution is 6.12. The van der Waals surface area contributed by atoms with Gasteiger partial charge in [0.15, 0.2) is 11.5 Å². The van der Waals surface area contributed by atoms with E-state index < -0.39 is 17.8 Å². The zero-order valence-corrected chi connectivity index (χ0v) is 20.5. The van der Waals surface area contributed by atoms with Gasteiger partial charge < -0.3 is 19.3 Å². The fourth-order valence-electron chi connectivity index (χ4n) is 5.12. The Kier molecular flexibility index (Phi) is 7.24. The first-order chi connectivity index (χ1) is 16.9. The number of phenolic OH excluding ortho intramolecular Hbond substituents is 1. The molecule has 2 aromatic carbocycles. The fourth-order valence-corrected chi connectivity index (χ4v) is 5.12. The number of methoxy groups -OCH3 is 1. The summed E-state index contributed by atoms with van der Waals surface area (Å²) >= 11 is 0. The standard InChI is InChI=1S/C28H31NO6/c1-5-34-24-15-18(9-12-22(24)30)26-25(28(32)35-6-2)16(3)29-21-13-19(14-23(31)27(21)26)17-7-10-20(33-4)11-8-17/h7-12,15,19,26-27,30H,5-6,13-14H2,1-4H3/t19-,26-,27?/m1/s1. The third kappa shape index (κ3) is 4.81. The van der Waals surface area contributed by atoms with E-state index in [9.17, 15) is 14.7 Å². The van der Waals surface area contributed by atoms with E-state index in [2.05, 4.69) is 0 Å². The van der Waals surface area contributed by atoms with Crippen LogP contribution in [0.25, 0.3) is 0 Å². The highest BCUT2D eigenvalue weighted by atomic mass is 16.5. The number of allylic oxidation sites excluding steroid dienone is 1. The minimum absolute atomic E-state index is 0.000182. The van der Waals surface area contributed by atoms with E-state index in [4.69, 9.17) is 19.2 Å². The number of nitrogens with zero attached hydrogens (tertiary/aromatic N) is 1. The van der Waals surface area contributed by atoms with Crippen LogP contribution < -0.4 is 9.47 Å². The number of esters is 1. The Morgan fingerprint density at radius 3 is 2.40 bits per heavy atom. The summed E-state index contributed by atoms with van der Waals surface area (Å²) in [4.78, 5) is 31.5. The zero-order chi connectivity index (χ0) is 25.1. The maximum Gasteiger partial charge on any atom is 0.336 e. The van der Waals surface area contributed by atoms with Gasteiger partial charge in [-0.2, -0.15) is 0 Å². The molecule has 0 aromatic heterocycles. The number of hydrogen-bond donors (Lipinski definition) is 1. The summed E-state index contributed by atoms with van der Waals surface area (Å²) in [7, 11) is 1.62. The van der Waals surface area contributed by atoms with Gasteiger partial charge in [-0.1, -0.05) is 18.2 Å². The second-order valence-corrected chi connectivity index (χ2v) is 8.78. The molecule has 0 spiro atoms. The van der Waals surface area contributed by atoms with E-state index in [-0.39, 0.29) is 24.1 Å². The predicted molar refractivity (Wildman–Crippen MR) is 132 cm³/mol.